The molecule has 0 bridgehead atoms. The Balaban J connectivity index is 1.59. The van der Waals surface area contributed by atoms with Gasteiger partial charge in [-0.1, -0.05) is 24.3 Å². The summed E-state index contributed by atoms with van der Waals surface area (Å²) in [7, 11) is 0. The number of aryl methyl sites for hydroxylation is 1. The van der Waals surface area contributed by atoms with Crippen molar-refractivity contribution >= 4 is 34.0 Å². The van der Waals surface area contributed by atoms with E-state index in [0.717, 1.165) is 5.56 Å². The number of anilines is 2. The average Bonchev–Trinajstić information content (AvgIpc) is 3.05. The third-order valence-corrected chi connectivity index (χ3v) is 4.38. The Morgan fingerprint density at radius 2 is 1.88 bits per heavy atom. The molecule has 3 rings (SSSR count). The van der Waals surface area contributed by atoms with Crippen molar-refractivity contribution in [2.75, 3.05) is 10.6 Å². The molecular formula is C19H17N3O3S. The van der Waals surface area contributed by atoms with E-state index in [-0.39, 0.29) is 24.0 Å². The van der Waals surface area contributed by atoms with E-state index >= 15 is 0 Å². The average molecular weight is 367 g/mol. The van der Waals surface area contributed by atoms with Gasteiger partial charge in [0, 0.05) is 10.9 Å². The molecule has 1 heterocycles. The number of amides is 2. The Hall–Kier alpha value is -3.19. The number of phenolic OH excluding ortho intramolecular Hbond substituents is 1. The van der Waals surface area contributed by atoms with Gasteiger partial charge in [0.15, 0.2) is 5.13 Å². The van der Waals surface area contributed by atoms with Gasteiger partial charge in [0.25, 0.3) is 5.91 Å². The Morgan fingerprint density at radius 3 is 2.62 bits per heavy atom. The summed E-state index contributed by atoms with van der Waals surface area (Å²) >= 11 is 1.25. The number of hydrogen-bond acceptors (Lipinski definition) is 5. The second-order valence-electron chi connectivity index (χ2n) is 5.71. The lowest BCUT2D eigenvalue weighted by atomic mass is 10.2. The van der Waals surface area contributed by atoms with E-state index < -0.39 is 0 Å². The first-order valence-corrected chi connectivity index (χ1v) is 8.79. The smallest absolute Gasteiger partial charge is 0.257 e. The van der Waals surface area contributed by atoms with E-state index in [0.29, 0.717) is 22.1 Å². The summed E-state index contributed by atoms with van der Waals surface area (Å²) in [6.45, 7) is 1.85. The summed E-state index contributed by atoms with van der Waals surface area (Å²) in [5.74, 6) is -0.525. The van der Waals surface area contributed by atoms with Gasteiger partial charge in [-0.25, -0.2) is 4.98 Å². The number of nitrogens with one attached hydrogen (secondary N) is 2. The normalized spacial score (nSPS) is 10.3. The number of hydrogen-bond donors (Lipinski definition) is 3. The number of rotatable bonds is 5. The van der Waals surface area contributed by atoms with Crippen LogP contribution in [0.3, 0.4) is 0 Å². The van der Waals surface area contributed by atoms with Crippen molar-refractivity contribution in [3.8, 4) is 5.75 Å². The largest absolute Gasteiger partial charge is 0.506 e. The van der Waals surface area contributed by atoms with Gasteiger partial charge in [0.05, 0.1) is 17.8 Å². The number of aromatic hydroxyl groups is 1. The Kier molecular flexibility index (Phi) is 5.28. The van der Waals surface area contributed by atoms with E-state index in [1.165, 1.54) is 11.3 Å². The fraction of sp³-hybridized carbons (Fsp3) is 0.105. The summed E-state index contributed by atoms with van der Waals surface area (Å²) in [5.41, 5.74) is 2.34. The van der Waals surface area contributed by atoms with Crippen LogP contribution < -0.4 is 10.6 Å². The molecule has 0 unspecified atom stereocenters. The van der Waals surface area contributed by atoms with Crippen LogP contribution in [-0.2, 0) is 11.2 Å². The molecule has 0 aliphatic rings. The van der Waals surface area contributed by atoms with Crippen molar-refractivity contribution in [2.24, 2.45) is 0 Å². The van der Waals surface area contributed by atoms with Crippen LogP contribution in [0.5, 0.6) is 5.75 Å². The lowest BCUT2D eigenvalue weighted by molar-refractivity contribution is -0.115. The molecule has 26 heavy (non-hydrogen) atoms. The number of thiazole rings is 1. The van der Waals surface area contributed by atoms with Crippen LogP contribution in [0.15, 0.2) is 53.9 Å². The number of phenols is 1. The standard InChI is InChI=1S/C19H17N3O3S/c1-12-7-8-15(16(23)9-12)21-17(24)10-14-11-26-19(20-14)22-18(25)13-5-3-2-4-6-13/h2-9,11,23H,10H2,1H3,(H,21,24)(H,20,22,25). The fourth-order valence-electron chi connectivity index (χ4n) is 2.31. The first kappa shape index (κ1) is 17.6. The highest BCUT2D eigenvalue weighted by atomic mass is 32.1. The third kappa shape index (κ3) is 4.46. The molecule has 0 aliphatic carbocycles. The molecule has 0 spiro atoms. The minimum absolute atomic E-state index is 0.0208. The van der Waals surface area contributed by atoms with Crippen molar-refractivity contribution in [1.29, 1.82) is 0 Å². The number of benzene rings is 2. The maximum absolute atomic E-state index is 12.1. The molecule has 1 aromatic heterocycles. The van der Waals surface area contributed by atoms with Crippen molar-refractivity contribution in [1.82, 2.24) is 4.98 Å². The predicted octanol–water partition coefficient (Wildman–Crippen LogP) is 3.59. The Morgan fingerprint density at radius 1 is 1.12 bits per heavy atom. The number of aromatic nitrogens is 1. The summed E-state index contributed by atoms with van der Waals surface area (Å²) < 4.78 is 0. The zero-order chi connectivity index (χ0) is 18.5. The van der Waals surface area contributed by atoms with Crippen LogP contribution in [0, 0.1) is 6.92 Å². The third-order valence-electron chi connectivity index (χ3n) is 3.58. The quantitative estimate of drug-likeness (QED) is 0.601. The molecule has 0 saturated carbocycles. The number of carbonyl (C=O) groups is 2. The molecule has 0 fully saturated rings. The highest BCUT2D eigenvalue weighted by Gasteiger charge is 2.12. The molecule has 3 aromatic rings. The van der Waals surface area contributed by atoms with Crippen LogP contribution in [0.4, 0.5) is 10.8 Å². The molecule has 2 amide bonds. The van der Waals surface area contributed by atoms with Crippen LogP contribution >= 0.6 is 11.3 Å². The summed E-state index contributed by atoms with van der Waals surface area (Å²) in [6, 6.07) is 13.9. The highest BCUT2D eigenvalue weighted by molar-refractivity contribution is 7.14. The van der Waals surface area contributed by atoms with Gasteiger partial charge < -0.3 is 10.4 Å². The molecular weight excluding hydrogens is 350 g/mol. The lowest BCUT2D eigenvalue weighted by Crippen LogP contribution is -2.15. The highest BCUT2D eigenvalue weighted by Crippen LogP contribution is 2.24. The van der Waals surface area contributed by atoms with Crippen LogP contribution in [0.25, 0.3) is 0 Å². The van der Waals surface area contributed by atoms with Crippen molar-refractivity contribution < 1.29 is 14.7 Å². The van der Waals surface area contributed by atoms with Gasteiger partial charge in [0.2, 0.25) is 5.91 Å². The predicted molar refractivity (Wildman–Crippen MR) is 102 cm³/mol. The van der Waals surface area contributed by atoms with Crippen LogP contribution in [-0.4, -0.2) is 21.9 Å². The van der Waals surface area contributed by atoms with Crippen LogP contribution in [0.1, 0.15) is 21.6 Å². The number of carbonyl (C=O) groups excluding carboxylic acids is 2. The molecule has 0 atom stereocenters. The molecule has 0 radical (unpaired) electrons. The minimum atomic E-state index is -0.296. The Labute approximate surface area is 154 Å². The second kappa shape index (κ2) is 7.79. The minimum Gasteiger partial charge on any atom is -0.506 e. The van der Waals surface area contributed by atoms with E-state index in [1.807, 2.05) is 13.0 Å². The van der Waals surface area contributed by atoms with Crippen molar-refractivity contribution in [2.45, 2.75) is 13.3 Å². The van der Waals surface area contributed by atoms with Crippen LogP contribution in [0.2, 0.25) is 0 Å². The van der Waals surface area contributed by atoms with Gasteiger partial charge in [-0.2, -0.15) is 0 Å². The molecule has 0 saturated heterocycles. The van der Waals surface area contributed by atoms with E-state index in [4.69, 9.17) is 0 Å². The topological polar surface area (TPSA) is 91.3 Å². The summed E-state index contributed by atoms with van der Waals surface area (Å²) in [6.07, 6.45) is 0.0467. The zero-order valence-corrected chi connectivity index (χ0v) is 14.8. The molecule has 7 heteroatoms. The van der Waals surface area contributed by atoms with Gasteiger partial charge in [-0.3, -0.25) is 14.9 Å². The molecule has 6 nitrogen and oxygen atoms in total. The van der Waals surface area contributed by atoms with Gasteiger partial charge in [-0.15, -0.1) is 11.3 Å². The zero-order valence-electron chi connectivity index (χ0n) is 14.0. The van der Waals surface area contributed by atoms with Gasteiger partial charge in [-0.05, 0) is 36.8 Å². The van der Waals surface area contributed by atoms with Crippen molar-refractivity contribution in [3.05, 3.63) is 70.7 Å². The molecule has 0 aliphatic heterocycles. The SMILES string of the molecule is Cc1ccc(NC(=O)Cc2csc(NC(=O)c3ccccc3)n2)c(O)c1. The summed E-state index contributed by atoms with van der Waals surface area (Å²) in [4.78, 5) is 28.5. The maximum Gasteiger partial charge on any atom is 0.257 e. The van der Waals surface area contributed by atoms with E-state index in [2.05, 4.69) is 15.6 Å². The van der Waals surface area contributed by atoms with Gasteiger partial charge in [0.1, 0.15) is 5.75 Å². The maximum atomic E-state index is 12.1. The Bertz CT molecular complexity index is 938. The first-order valence-electron chi connectivity index (χ1n) is 7.91. The monoisotopic (exact) mass is 367 g/mol. The van der Waals surface area contributed by atoms with Gasteiger partial charge >= 0.3 is 0 Å². The van der Waals surface area contributed by atoms with E-state index in [1.54, 1.807) is 47.8 Å². The summed E-state index contributed by atoms with van der Waals surface area (Å²) in [5, 5.41) is 17.4. The molecule has 2 aromatic carbocycles. The second-order valence-corrected chi connectivity index (χ2v) is 6.57. The number of nitrogens with zero attached hydrogens (tertiary/aromatic N) is 1. The molecule has 3 N–H and O–H groups in total. The first-order chi connectivity index (χ1) is 12.5. The lowest BCUT2D eigenvalue weighted by Gasteiger charge is -2.07. The van der Waals surface area contributed by atoms with Crippen molar-refractivity contribution in [3.63, 3.8) is 0 Å². The fourth-order valence-corrected chi connectivity index (χ4v) is 3.02. The van der Waals surface area contributed by atoms with E-state index in [9.17, 15) is 14.7 Å². The molecule has 132 valence electrons.